The molecule has 0 fully saturated rings. The minimum atomic E-state index is -0.443. The molecule has 0 saturated carbocycles. The number of ether oxygens (including phenoxy) is 1. The highest BCUT2D eigenvalue weighted by atomic mass is 35.5. The third-order valence-electron chi connectivity index (χ3n) is 3.15. The van der Waals surface area contributed by atoms with Crippen LogP contribution in [0.15, 0.2) is 51.7 Å². The van der Waals surface area contributed by atoms with Gasteiger partial charge in [-0.15, -0.1) is 0 Å². The molecule has 22 heavy (non-hydrogen) atoms. The number of aromatic nitrogens is 1. The van der Waals surface area contributed by atoms with E-state index < -0.39 is 5.63 Å². The zero-order chi connectivity index (χ0) is 15.5. The largest absolute Gasteiger partial charge is 0.496 e. The van der Waals surface area contributed by atoms with Crippen LogP contribution in [0.1, 0.15) is 11.5 Å². The summed E-state index contributed by atoms with van der Waals surface area (Å²) in [6, 6.07) is 12.4. The van der Waals surface area contributed by atoms with Crippen LogP contribution >= 0.6 is 11.6 Å². The van der Waals surface area contributed by atoms with Crippen molar-refractivity contribution in [1.29, 1.82) is 0 Å². The van der Waals surface area contributed by atoms with Crippen molar-refractivity contribution in [2.24, 2.45) is 0 Å². The average Bonchev–Trinajstić information content (AvgIpc) is 2.52. The van der Waals surface area contributed by atoms with E-state index in [-0.39, 0.29) is 5.89 Å². The van der Waals surface area contributed by atoms with E-state index in [2.05, 4.69) is 4.98 Å². The van der Waals surface area contributed by atoms with Gasteiger partial charge in [-0.2, -0.15) is 0 Å². The SMILES string of the molecule is COc1ccccc1/C=C/c1nc2cc(Cl)ccc2c(=O)o1. The number of benzene rings is 2. The summed E-state index contributed by atoms with van der Waals surface area (Å²) in [6.07, 6.45) is 3.40. The fraction of sp³-hybridized carbons (Fsp3) is 0.0588. The molecule has 0 saturated heterocycles. The molecule has 0 aliphatic rings. The standard InChI is InChI=1S/C17H12ClNO3/c1-21-15-5-3-2-4-11(15)6-9-16-19-14-10-12(18)7-8-13(14)17(20)22-16/h2-10H,1H3/b9-6+. The average molecular weight is 314 g/mol. The Balaban J connectivity index is 2.04. The Hall–Kier alpha value is -2.59. The van der Waals surface area contributed by atoms with Crippen LogP contribution < -0.4 is 10.4 Å². The van der Waals surface area contributed by atoms with Gasteiger partial charge in [0, 0.05) is 16.7 Å². The Kier molecular flexibility index (Phi) is 3.94. The molecule has 0 aliphatic carbocycles. The van der Waals surface area contributed by atoms with Gasteiger partial charge in [0.25, 0.3) is 0 Å². The Morgan fingerprint density at radius 1 is 1.18 bits per heavy atom. The van der Waals surface area contributed by atoms with Gasteiger partial charge < -0.3 is 9.15 Å². The first-order chi connectivity index (χ1) is 10.7. The van der Waals surface area contributed by atoms with Gasteiger partial charge in [-0.05, 0) is 30.3 Å². The summed E-state index contributed by atoms with van der Waals surface area (Å²) in [5.41, 5.74) is 0.922. The highest BCUT2D eigenvalue weighted by molar-refractivity contribution is 6.31. The predicted molar refractivity (Wildman–Crippen MR) is 87.2 cm³/mol. The normalized spacial score (nSPS) is 11.2. The number of nitrogens with zero attached hydrogens (tertiary/aromatic N) is 1. The summed E-state index contributed by atoms with van der Waals surface area (Å²) < 4.78 is 10.5. The molecule has 0 N–H and O–H groups in total. The van der Waals surface area contributed by atoms with Gasteiger partial charge in [0.1, 0.15) is 5.75 Å². The van der Waals surface area contributed by atoms with Gasteiger partial charge in [0.15, 0.2) is 0 Å². The number of para-hydroxylation sites is 1. The second-order valence-electron chi connectivity index (χ2n) is 4.58. The molecule has 110 valence electrons. The smallest absolute Gasteiger partial charge is 0.347 e. The number of hydrogen-bond acceptors (Lipinski definition) is 4. The van der Waals surface area contributed by atoms with Gasteiger partial charge >= 0.3 is 5.63 Å². The van der Waals surface area contributed by atoms with E-state index in [9.17, 15) is 4.79 Å². The fourth-order valence-electron chi connectivity index (χ4n) is 2.10. The van der Waals surface area contributed by atoms with Crippen molar-refractivity contribution in [3.8, 4) is 5.75 Å². The van der Waals surface area contributed by atoms with Gasteiger partial charge in [-0.3, -0.25) is 0 Å². The second kappa shape index (κ2) is 6.03. The summed E-state index contributed by atoms with van der Waals surface area (Å²) in [5, 5.41) is 0.920. The van der Waals surface area contributed by atoms with Crippen molar-refractivity contribution < 1.29 is 9.15 Å². The number of rotatable bonds is 3. The molecule has 5 heteroatoms. The molecule has 0 aliphatic heterocycles. The van der Waals surface area contributed by atoms with Crippen LogP contribution in [0.2, 0.25) is 5.02 Å². The predicted octanol–water partition coefficient (Wildman–Crippen LogP) is 4.02. The van der Waals surface area contributed by atoms with Crippen molar-refractivity contribution in [3.05, 3.63) is 69.4 Å². The molecule has 1 heterocycles. The minimum Gasteiger partial charge on any atom is -0.496 e. The van der Waals surface area contributed by atoms with E-state index in [1.54, 1.807) is 37.5 Å². The van der Waals surface area contributed by atoms with E-state index in [1.807, 2.05) is 24.3 Å². The van der Waals surface area contributed by atoms with Crippen LogP contribution in [-0.4, -0.2) is 12.1 Å². The quantitative estimate of drug-likeness (QED) is 0.733. The molecule has 4 nitrogen and oxygen atoms in total. The van der Waals surface area contributed by atoms with Crippen LogP contribution in [0.4, 0.5) is 0 Å². The van der Waals surface area contributed by atoms with Crippen LogP contribution in [-0.2, 0) is 0 Å². The highest BCUT2D eigenvalue weighted by Gasteiger charge is 2.05. The lowest BCUT2D eigenvalue weighted by molar-refractivity contribution is 0.414. The molecule has 0 amide bonds. The molecule has 1 aromatic heterocycles. The van der Waals surface area contributed by atoms with Gasteiger partial charge in [0.05, 0.1) is 18.0 Å². The lowest BCUT2D eigenvalue weighted by atomic mass is 10.2. The minimum absolute atomic E-state index is 0.214. The van der Waals surface area contributed by atoms with Crippen LogP contribution in [0.25, 0.3) is 23.1 Å². The van der Waals surface area contributed by atoms with Crippen LogP contribution in [0, 0.1) is 0 Å². The van der Waals surface area contributed by atoms with Crippen molar-refractivity contribution in [1.82, 2.24) is 4.98 Å². The first-order valence-electron chi connectivity index (χ1n) is 6.59. The van der Waals surface area contributed by atoms with E-state index in [0.717, 1.165) is 11.3 Å². The Labute approximate surface area is 131 Å². The number of methoxy groups -OCH3 is 1. The maximum atomic E-state index is 11.9. The van der Waals surface area contributed by atoms with Crippen LogP contribution in [0.5, 0.6) is 5.75 Å². The molecule has 0 bridgehead atoms. The van der Waals surface area contributed by atoms with E-state index in [0.29, 0.717) is 15.9 Å². The molecular weight excluding hydrogens is 302 g/mol. The maximum absolute atomic E-state index is 11.9. The zero-order valence-electron chi connectivity index (χ0n) is 11.7. The summed E-state index contributed by atoms with van der Waals surface area (Å²) >= 11 is 5.93. The molecule has 3 rings (SSSR count). The van der Waals surface area contributed by atoms with E-state index in [4.69, 9.17) is 20.8 Å². The monoisotopic (exact) mass is 313 g/mol. The third kappa shape index (κ3) is 2.87. The lowest BCUT2D eigenvalue weighted by Gasteiger charge is -2.03. The molecule has 2 aromatic carbocycles. The van der Waals surface area contributed by atoms with Gasteiger partial charge in [-0.25, -0.2) is 9.78 Å². The topological polar surface area (TPSA) is 52.3 Å². The Morgan fingerprint density at radius 3 is 2.82 bits per heavy atom. The van der Waals surface area contributed by atoms with Crippen molar-refractivity contribution in [2.45, 2.75) is 0 Å². The summed E-state index contributed by atoms with van der Waals surface area (Å²) in [4.78, 5) is 16.2. The van der Waals surface area contributed by atoms with Crippen molar-refractivity contribution in [3.63, 3.8) is 0 Å². The molecule has 3 aromatic rings. The molecule has 0 unspecified atom stereocenters. The highest BCUT2D eigenvalue weighted by Crippen LogP contribution is 2.20. The number of hydrogen-bond donors (Lipinski definition) is 0. The Morgan fingerprint density at radius 2 is 2.00 bits per heavy atom. The van der Waals surface area contributed by atoms with Crippen molar-refractivity contribution in [2.75, 3.05) is 7.11 Å². The molecule has 0 radical (unpaired) electrons. The Bertz CT molecular complexity index is 915. The first-order valence-corrected chi connectivity index (χ1v) is 6.96. The summed E-state index contributed by atoms with van der Waals surface area (Å²) in [5.74, 6) is 0.940. The number of fused-ring (bicyclic) bond motifs is 1. The van der Waals surface area contributed by atoms with Crippen molar-refractivity contribution >= 4 is 34.7 Å². The summed E-state index contributed by atoms with van der Waals surface area (Å²) in [6.45, 7) is 0. The first kappa shape index (κ1) is 14.4. The fourth-order valence-corrected chi connectivity index (χ4v) is 2.26. The molecule has 0 spiro atoms. The van der Waals surface area contributed by atoms with E-state index >= 15 is 0 Å². The maximum Gasteiger partial charge on any atom is 0.347 e. The second-order valence-corrected chi connectivity index (χ2v) is 5.01. The van der Waals surface area contributed by atoms with Gasteiger partial charge in [-0.1, -0.05) is 29.8 Å². The molecule has 0 atom stereocenters. The van der Waals surface area contributed by atoms with Crippen LogP contribution in [0.3, 0.4) is 0 Å². The van der Waals surface area contributed by atoms with E-state index in [1.165, 1.54) is 0 Å². The number of halogens is 1. The lowest BCUT2D eigenvalue weighted by Crippen LogP contribution is -2.02. The summed E-state index contributed by atoms with van der Waals surface area (Å²) in [7, 11) is 1.60. The zero-order valence-corrected chi connectivity index (χ0v) is 12.5. The molecular formula is C17H12ClNO3. The third-order valence-corrected chi connectivity index (χ3v) is 3.39. The van der Waals surface area contributed by atoms with Gasteiger partial charge in [0.2, 0.25) is 5.89 Å².